The van der Waals surface area contributed by atoms with E-state index in [0.717, 1.165) is 34.1 Å². The zero-order valence-corrected chi connectivity index (χ0v) is 18.1. The smallest absolute Gasteiger partial charge is 0.267 e. The molecule has 2 aromatic heterocycles. The van der Waals surface area contributed by atoms with Crippen molar-refractivity contribution in [3.8, 4) is 17.0 Å². The third kappa shape index (κ3) is 4.55. The highest BCUT2D eigenvalue weighted by Crippen LogP contribution is 2.26. The number of carbonyl (C=O) groups is 1. The van der Waals surface area contributed by atoms with E-state index in [9.17, 15) is 9.59 Å². The molecule has 1 aliphatic heterocycles. The first-order valence-corrected chi connectivity index (χ1v) is 10.5. The zero-order chi connectivity index (χ0) is 22.0. The van der Waals surface area contributed by atoms with Gasteiger partial charge >= 0.3 is 0 Å². The Morgan fingerprint density at radius 2 is 1.84 bits per heavy atom. The summed E-state index contributed by atoms with van der Waals surface area (Å²) >= 11 is 0. The number of methoxy groups -OCH3 is 1. The zero-order valence-electron chi connectivity index (χ0n) is 18.1. The topological polar surface area (TPSA) is 77.6 Å². The van der Waals surface area contributed by atoms with E-state index in [1.54, 1.807) is 23.9 Å². The Bertz CT molecular complexity index is 1120. The molecular weight excluding hydrogens is 394 g/mol. The maximum Gasteiger partial charge on any atom is 0.267 e. The van der Waals surface area contributed by atoms with Gasteiger partial charge in [-0.2, -0.15) is 5.10 Å². The fourth-order valence-electron chi connectivity index (χ4n) is 4.11. The lowest BCUT2D eigenvalue weighted by atomic mass is 10.0. The Balaban J connectivity index is 1.42. The van der Waals surface area contributed by atoms with Crippen LogP contribution in [0.2, 0.25) is 0 Å². The quantitative estimate of drug-likeness (QED) is 0.630. The van der Waals surface area contributed by atoms with Crippen molar-refractivity contribution >= 4 is 5.91 Å². The Labute approximate surface area is 181 Å². The molecule has 1 amide bonds. The molecule has 0 N–H and O–H groups in total. The van der Waals surface area contributed by atoms with Gasteiger partial charge in [-0.3, -0.25) is 9.59 Å². The van der Waals surface area contributed by atoms with Gasteiger partial charge in [0.25, 0.3) is 5.56 Å². The van der Waals surface area contributed by atoms with Crippen LogP contribution in [0.5, 0.6) is 5.75 Å². The number of aromatic nitrogens is 2. The van der Waals surface area contributed by atoms with Gasteiger partial charge < -0.3 is 14.1 Å². The van der Waals surface area contributed by atoms with E-state index in [2.05, 4.69) is 5.10 Å². The van der Waals surface area contributed by atoms with Crippen LogP contribution < -0.4 is 10.3 Å². The molecule has 3 heterocycles. The number of amides is 1. The van der Waals surface area contributed by atoms with E-state index >= 15 is 0 Å². The van der Waals surface area contributed by atoms with Gasteiger partial charge in [-0.1, -0.05) is 12.1 Å². The van der Waals surface area contributed by atoms with Crippen LogP contribution in [-0.2, 0) is 11.2 Å². The molecule has 0 spiro atoms. The summed E-state index contributed by atoms with van der Waals surface area (Å²) in [4.78, 5) is 27.1. The largest absolute Gasteiger partial charge is 0.497 e. The Morgan fingerprint density at radius 3 is 2.45 bits per heavy atom. The monoisotopic (exact) mass is 421 g/mol. The van der Waals surface area contributed by atoms with Crippen molar-refractivity contribution in [1.29, 1.82) is 0 Å². The summed E-state index contributed by atoms with van der Waals surface area (Å²) in [5.41, 5.74) is 2.47. The molecule has 0 atom stereocenters. The van der Waals surface area contributed by atoms with E-state index in [0.29, 0.717) is 32.4 Å². The number of hydrogen-bond donors (Lipinski definition) is 0. The molecule has 3 aromatic rings. The summed E-state index contributed by atoms with van der Waals surface area (Å²) in [5, 5.41) is 4.62. The van der Waals surface area contributed by atoms with E-state index in [1.807, 2.05) is 49.1 Å². The normalized spacial score (nSPS) is 14.6. The standard InChI is InChI=1S/C24H27N3O4/c1-16-14-21(17(2)31-16)22-8-9-23(28)27(25-22)19-10-12-26(13-11-19)24(29)15-18-4-6-20(30-3)7-5-18/h4-9,14,19H,10-13,15H2,1-3H3. The van der Waals surface area contributed by atoms with Crippen LogP contribution in [0.1, 0.15) is 36.0 Å². The molecule has 0 unspecified atom stereocenters. The minimum Gasteiger partial charge on any atom is -0.497 e. The van der Waals surface area contributed by atoms with Crippen molar-refractivity contribution in [3.63, 3.8) is 0 Å². The van der Waals surface area contributed by atoms with Gasteiger partial charge in [0.05, 0.1) is 25.3 Å². The number of nitrogens with zero attached hydrogens (tertiary/aromatic N) is 3. The minimum atomic E-state index is -0.121. The van der Waals surface area contributed by atoms with Gasteiger partial charge in [-0.05, 0) is 56.5 Å². The number of ether oxygens (including phenoxy) is 1. The molecule has 1 fully saturated rings. The number of piperidine rings is 1. The fraction of sp³-hybridized carbons (Fsp3) is 0.375. The van der Waals surface area contributed by atoms with E-state index in [1.165, 1.54) is 0 Å². The van der Waals surface area contributed by atoms with Crippen LogP contribution in [0, 0.1) is 13.8 Å². The number of hydrogen-bond acceptors (Lipinski definition) is 5. The first-order chi connectivity index (χ1) is 14.9. The second-order valence-corrected chi connectivity index (χ2v) is 7.97. The number of aryl methyl sites for hydroxylation is 2. The van der Waals surface area contributed by atoms with Crippen molar-refractivity contribution in [1.82, 2.24) is 14.7 Å². The van der Waals surface area contributed by atoms with Crippen LogP contribution in [0.25, 0.3) is 11.3 Å². The Kier molecular flexibility index (Phi) is 5.93. The van der Waals surface area contributed by atoms with Crippen LogP contribution >= 0.6 is 0 Å². The van der Waals surface area contributed by atoms with E-state index < -0.39 is 0 Å². The van der Waals surface area contributed by atoms with Crippen molar-refractivity contribution in [2.45, 2.75) is 39.2 Å². The van der Waals surface area contributed by atoms with Gasteiger partial charge in [0.2, 0.25) is 5.91 Å². The summed E-state index contributed by atoms with van der Waals surface area (Å²) in [6, 6.07) is 12.8. The molecule has 31 heavy (non-hydrogen) atoms. The molecule has 1 aromatic carbocycles. The predicted octanol–water partition coefficient (Wildman–Crippen LogP) is 3.53. The van der Waals surface area contributed by atoms with Gasteiger partial charge in [0.15, 0.2) is 0 Å². The van der Waals surface area contributed by atoms with Crippen LogP contribution in [0.15, 0.2) is 51.7 Å². The van der Waals surface area contributed by atoms with Gasteiger partial charge in [-0.25, -0.2) is 4.68 Å². The highest BCUT2D eigenvalue weighted by molar-refractivity contribution is 5.78. The number of rotatable bonds is 5. The summed E-state index contributed by atoms with van der Waals surface area (Å²) in [6.45, 7) is 5.02. The van der Waals surface area contributed by atoms with E-state index in [-0.39, 0.29) is 17.5 Å². The summed E-state index contributed by atoms with van der Waals surface area (Å²) in [5.74, 6) is 2.48. The van der Waals surface area contributed by atoms with Gasteiger partial charge in [-0.15, -0.1) is 0 Å². The molecule has 0 bridgehead atoms. The van der Waals surface area contributed by atoms with Crippen molar-refractivity contribution in [2.75, 3.05) is 20.2 Å². The Hall–Kier alpha value is -3.35. The highest BCUT2D eigenvalue weighted by atomic mass is 16.5. The number of carbonyl (C=O) groups excluding carboxylic acids is 1. The molecule has 0 aliphatic carbocycles. The van der Waals surface area contributed by atoms with Crippen molar-refractivity contribution in [3.05, 3.63) is 69.9 Å². The average Bonchev–Trinajstić information content (AvgIpc) is 3.12. The second-order valence-electron chi connectivity index (χ2n) is 7.97. The first kappa shape index (κ1) is 20.9. The molecule has 162 valence electrons. The Morgan fingerprint density at radius 1 is 1.13 bits per heavy atom. The summed E-state index contributed by atoms with van der Waals surface area (Å²) in [7, 11) is 1.62. The first-order valence-electron chi connectivity index (χ1n) is 10.5. The predicted molar refractivity (Wildman–Crippen MR) is 117 cm³/mol. The lowest BCUT2D eigenvalue weighted by Gasteiger charge is -2.32. The molecule has 0 saturated carbocycles. The molecule has 7 nitrogen and oxygen atoms in total. The SMILES string of the molecule is COc1ccc(CC(=O)N2CCC(n3nc(-c4cc(C)oc4C)ccc3=O)CC2)cc1. The fourth-order valence-corrected chi connectivity index (χ4v) is 4.11. The number of furan rings is 1. The molecule has 4 rings (SSSR count). The molecule has 1 saturated heterocycles. The van der Waals surface area contributed by atoms with Crippen LogP contribution in [0.4, 0.5) is 0 Å². The maximum absolute atomic E-state index is 12.7. The highest BCUT2D eigenvalue weighted by Gasteiger charge is 2.25. The van der Waals surface area contributed by atoms with Crippen LogP contribution in [-0.4, -0.2) is 40.8 Å². The minimum absolute atomic E-state index is 0.0224. The molecule has 1 aliphatic rings. The molecule has 0 radical (unpaired) electrons. The van der Waals surface area contributed by atoms with E-state index in [4.69, 9.17) is 9.15 Å². The van der Waals surface area contributed by atoms with Crippen molar-refractivity contribution in [2.24, 2.45) is 0 Å². The number of benzene rings is 1. The molecule has 7 heteroatoms. The number of likely N-dealkylation sites (tertiary alicyclic amines) is 1. The maximum atomic E-state index is 12.7. The lowest BCUT2D eigenvalue weighted by molar-refractivity contribution is -0.131. The van der Waals surface area contributed by atoms with Crippen molar-refractivity contribution < 1.29 is 13.9 Å². The van der Waals surface area contributed by atoms with Gasteiger partial charge in [0.1, 0.15) is 17.3 Å². The summed E-state index contributed by atoms with van der Waals surface area (Å²) < 4.78 is 12.3. The van der Waals surface area contributed by atoms with Gasteiger partial charge in [0, 0.05) is 24.7 Å². The summed E-state index contributed by atoms with van der Waals surface area (Å²) in [6.07, 6.45) is 1.77. The third-order valence-electron chi connectivity index (χ3n) is 5.82. The lowest BCUT2D eigenvalue weighted by Crippen LogP contribution is -2.42. The third-order valence-corrected chi connectivity index (χ3v) is 5.82. The van der Waals surface area contributed by atoms with Crippen LogP contribution in [0.3, 0.4) is 0 Å². The second kappa shape index (κ2) is 8.79. The average molecular weight is 421 g/mol. The molecular formula is C24H27N3O4.